The maximum atomic E-state index is 5.97. The predicted octanol–water partition coefficient (Wildman–Crippen LogP) is 4.18. The molecule has 0 aliphatic heterocycles. The quantitative estimate of drug-likeness (QED) is 0.656. The van der Waals surface area contributed by atoms with E-state index in [4.69, 9.17) is 9.47 Å². The monoisotopic (exact) mass is 291 g/mol. The number of benzene rings is 1. The predicted molar refractivity (Wildman–Crippen MR) is 89.1 cm³/mol. The molecule has 0 aromatic heterocycles. The topological polar surface area (TPSA) is 30.5 Å². The van der Waals surface area contributed by atoms with Crippen molar-refractivity contribution < 1.29 is 9.47 Å². The Labute approximate surface area is 129 Å². The van der Waals surface area contributed by atoms with Gasteiger partial charge < -0.3 is 14.8 Å². The molecule has 21 heavy (non-hydrogen) atoms. The number of para-hydroxylation sites is 1. The van der Waals surface area contributed by atoms with E-state index in [0.29, 0.717) is 19.1 Å². The lowest BCUT2D eigenvalue weighted by atomic mass is 10.1. The number of hydrogen-bond donors (Lipinski definition) is 1. The van der Waals surface area contributed by atoms with E-state index in [1.165, 1.54) is 0 Å². The van der Waals surface area contributed by atoms with Crippen LogP contribution in [-0.2, 0) is 6.54 Å². The van der Waals surface area contributed by atoms with E-state index in [9.17, 15) is 0 Å². The van der Waals surface area contributed by atoms with Crippen molar-refractivity contribution in [1.82, 2.24) is 5.32 Å². The summed E-state index contributed by atoms with van der Waals surface area (Å²) in [5.74, 6) is 2.28. The SMILES string of the molecule is C=C(CC)COc1c(CNCC(C)C)cccc1OCC. The molecule has 1 aromatic carbocycles. The number of nitrogens with one attached hydrogen (secondary N) is 1. The van der Waals surface area contributed by atoms with Crippen LogP contribution in [0.5, 0.6) is 11.5 Å². The maximum absolute atomic E-state index is 5.97. The molecule has 0 saturated carbocycles. The third-order valence-electron chi connectivity index (χ3n) is 3.15. The molecule has 118 valence electrons. The average molecular weight is 291 g/mol. The first-order valence-corrected chi connectivity index (χ1v) is 7.83. The van der Waals surface area contributed by atoms with Gasteiger partial charge in [0.05, 0.1) is 6.61 Å². The minimum absolute atomic E-state index is 0.539. The van der Waals surface area contributed by atoms with Gasteiger partial charge in [-0.1, -0.05) is 39.5 Å². The van der Waals surface area contributed by atoms with E-state index in [-0.39, 0.29) is 0 Å². The van der Waals surface area contributed by atoms with Crippen molar-refractivity contribution in [2.45, 2.75) is 40.7 Å². The van der Waals surface area contributed by atoms with Gasteiger partial charge in [0.2, 0.25) is 0 Å². The zero-order valence-electron chi connectivity index (χ0n) is 13.9. The number of hydrogen-bond acceptors (Lipinski definition) is 3. The molecule has 0 unspecified atom stereocenters. The lowest BCUT2D eigenvalue weighted by molar-refractivity contribution is 0.289. The zero-order chi connectivity index (χ0) is 15.7. The van der Waals surface area contributed by atoms with E-state index in [0.717, 1.165) is 42.1 Å². The maximum Gasteiger partial charge on any atom is 0.166 e. The van der Waals surface area contributed by atoms with Gasteiger partial charge in [0, 0.05) is 12.1 Å². The molecule has 1 rings (SSSR count). The molecule has 0 fully saturated rings. The molecule has 3 heteroatoms. The Morgan fingerprint density at radius 2 is 2.00 bits per heavy atom. The van der Waals surface area contributed by atoms with Gasteiger partial charge in [-0.2, -0.15) is 0 Å². The molecule has 1 aromatic rings. The summed E-state index contributed by atoms with van der Waals surface area (Å²) < 4.78 is 11.7. The van der Waals surface area contributed by atoms with Crippen LogP contribution in [0, 0.1) is 5.92 Å². The van der Waals surface area contributed by atoms with Gasteiger partial charge in [-0.15, -0.1) is 0 Å². The second kappa shape index (κ2) is 9.46. The first-order chi connectivity index (χ1) is 10.1. The van der Waals surface area contributed by atoms with Gasteiger partial charge in [0.1, 0.15) is 6.61 Å². The highest BCUT2D eigenvalue weighted by Crippen LogP contribution is 2.31. The molecule has 0 heterocycles. The van der Waals surface area contributed by atoms with Gasteiger partial charge in [0.25, 0.3) is 0 Å². The lowest BCUT2D eigenvalue weighted by Crippen LogP contribution is -2.19. The van der Waals surface area contributed by atoms with Crippen LogP contribution in [0.4, 0.5) is 0 Å². The van der Waals surface area contributed by atoms with Crippen molar-refractivity contribution in [3.8, 4) is 11.5 Å². The fourth-order valence-electron chi connectivity index (χ4n) is 1.91. The van der Waals surface area contributed by atoms with E-state index in [1.54, 1.807) is 0 Å². The first kappa shape index (κ1) is 17.6. The van der Waals surface area contributed by atoms with Crippen LogP contribution in [0.25, 0.3) is 0 Å². The summed E-state index contributed by atoms with van der Waals surface area (Å²) in [5, 5.41) is 3.45. The second-order valence-electron chi connectivity index (χ2n) is 5.59. The smallest absolute Gasteiger partial charge is 0.166 e. The molecule has 3 nitrogen and oxygen atoms in total. The van der Waals surface area contributed by atoms with Crippen molar-refractivity contribution in [2.75, 3.05) is 19.8 Å². The third-order valence-corrected chi connectivity index (χ3v) is 3.15. The Morgan fingerprint density at radius 3 is 2.62 bits per heavy atom. The molecular weight excluding hydrogens is 262 g/mol. The largest absolute Gasteiger partial charge is 0.490 e. The standard InChI is InChI=1S/C18H29NO2/c1-6-15(5)13-21-18-16(12-19-11-14(3)4)9-8-10-17(18)20-7-2/h8-10,14,19H,5-7,11-13H2,1-4H3. The van der Waals surface area contributed by atoms with Crippen molar-refractivity contribution in [3.05, 3.63) is 35.9 Å². The van der Waals surface area contributed by atoms with Crippen LogP contribution < -0.4 is 14.8 Å². The average Bonchev–Trinajstić information content (AvgIpc) is 2.46. The van der Waals surface area contributed by atoms with Crippen molar-refractivity contribution in [1.29, 1.82) is 0 Å². The van der Waals surface area contributed by atoms with Crippen molar-refractivity contribution >= 4 is 0 Å². The molecular formula is C18H29NO2. The molecule has 0 aliphatic carbocycles. The second-order valence-corrected chi connectivity index (χ2v) is 5.59. The summed E-state index contributed by atoms with van der Waals surface area (Å²) in [4.78, 5) is 0. The molecule has 0 atom stereocenters. The molecule has 0 spiro atoms. The minimum atomic E-state index is 0.539. The third kappa shape index (κ3) is 6.21. The normalized spacial score (nSPS) is 10.7. The van der Waals surface area contributed by atoms with E-state index in [1.807, 2.05) is 19.1 Å². The van der Waals surface area contributed by atoms with Crippen LogP contribution in [0.2, 0.25) is 0 Å². The Morgan fingerprint density at radius 1 is 1.24 bits per heavy atom. The van der Waals surface area contributed by atoms with Crippen molar-refractivity contribution in [2.24, 2.45) is 5.92 Å². The summed E-state index contributed by atoms with van der Waals surface area (Å²) in [7, 11) is 0. The highest BCUT2D eigenvalue weighted by molar-refractivity contribution is 5.46. The number of ether oxygens (including phenoxy) is 2. The lowest BCUT2D eigenvalue weighted by Gasteiger charge is -2.17. The highest BCUT2D eigenvalue weighted by Gasteiger charge is 2.11. The first-order valence-electron chi connectivity index (χ1n) is 7.83. The van der Waals surface area contributed by atoms with E-state index >= 15 is 0 Å². The highest BCUT2D eigenvalue weighted by atomic mass is 16.5. The molecule has 0 saturated heterocycles. The Bertz CT molecular complexity index is 441. The van der Waals surface area contributed by atoms with Crippen LogP contribution in [0.15, 0.2) is 30.4 Å². The Hall–Kier alpha value is -1.48. The van der Waals surface area contributed by atoms with Crippen LogP contribution in [0.3, 0.4) is 0 Å². The molecule has 0 aliphatic rings. The Kier molecular flexibility index (Phi) is 7.91. The molecule has 1 N–H and O–H groups in total. The fraction of sp³-hybridized carbons (Fsp3) is 0.556. The summed E-state index contributed by atoms with van der Waals surface area (Å²) in [5.41, 5.74) is 2.22. The van der Waals surface area contributed by atoms with E-state index in [2.05, 4.69) is 38.7 Å². The summed E-state index contributed by atoms with van der Waals surface area (Å²) in [6.45, 7) is 15.4. The summed E-state index contributed by atoms with van der Waals surface area (Å²) >= 11 is 0. The summed E-state index contributed by atoms with van der Waals surface area (Å²) in [6.07, 6.45) is 0.928. The molecule has 0 radical (unpaired) electrons. The fourth-order valence-corrected chi connectivity index (χ4v) is 1.91. The van der Waals surface area contributed by atoms with Gasteiger partial charge in [0.15, 0.2) is 11.5 Å². The van der Waals surface area contributed by atoms with Gasteiger partial charge in [-0.05, 0) is 37.4 Å². The van der Waals surface area contributed by atoms with Crippen LogP contribution >= 0.6 is 0 Å². The Balaban J connectivity index is 2.83. The van der Waals surface area contributed by atoms with Gasteiger partial charge in [-0.3, -0.25) is 0 Å². The minimum Gasteiger partial charge on any atom is -0.490 e. The van der Waals surface area contributed by atoms with Crippen LogP contribution in [-0.4, -0.2) is 19.8 Å². The van der Waals surface area contributed by atoms with Crippen molar-refractivity contribution in [3.63, 3.8) is 0 Å². The summed E-state index contributed by atoms with van der Waals surface area (Å²) in [6, 6.07) is 6.05. The number of rotatable bonds is 10. The molecule has 0 amide bonds. The van der Waals surface area contributed by atoms with Gasteiger partial charge >= 0.3 is 0 Å². The molecule has 0 bridgehead atoms. The zero-order valence-corrected chi connectivity index (χ0v) is 13.9. The van der Waals surface area contributed by atoms with Crippen LogP contribution in [0.1, 0.15) is 39.7 Å². The van der Waals surface area contributed by atoms with Gasteiger partial charge in [-0.25, -0.2) is 0 Å². The van der Waals surface area contributed by atoms with E-state index < -0.39 is 0 Å².